The molecule has 0 spiro atoms. The van der Waals surface area contributed by atoms with Gasteiger partial charge in [-0.25, -0.2) is 4.79 Å². The third kappa shape index (κ3) is 3.73. The van der Waals surface area contributed by atoms with Gasteiger partial charge >= 0.3 is 5.97 Å². The highest BCUT2D eigenvalue weighted by Gasteiger charge is 2.49. The number of benzene rings is 2. The summed E-state index contributed by atoms with van der Waals surface area (Å²) in [5.74, 6) is 0.304. The number of methoxy groups -OCH3 is 2. The van der Waals surface area contributed by atoms with E-state index in [1.54, 1.807) is 36.3 Å². The van der Waals surface area contributed by atoms with E-state index in [9.17, 15) is 14.4 Å². The first-order chi connectivity index (χ1) is 16.5. The number of carbonyl (C=O) groups excluding carboxylic acids is 3. The van der Waals surface area contributed by atoms with E-state index < -0.39 is 6.04 Å². The predicted octanol–water partition coefficient (Wildman–Crippen LogP) is 3.84. The van der Waals surface area contributed by atoms with Crippen molar-refractivity contribution in [2.75, 3.05) is 25.7 Å². The molecule has 0 aromatic heterocycles. The minimum Gasteiger partial charge on any atom is -0.496 e. The number of hydrogen-bond acceptors (Lipinski definition) is 5. The van der Waals surface area contributed by atoms with Crippen LogP contribution in [0, 0.1) is 5.92 Å². The van der Waals surface area contributed by atoms with Crippen LogP contribution in [-0.2, 0) is 16.0 Å². The normalized spacial score (nSPS) is 23.3. The van der Waals surface area contributed by atoms with Crippen LogP contribution in [0.2, 0.25) is 0 Å². The van der Waals surface area contributed by atoms with Crippen LogP contribution in [0.5, 0.6) is 5.75 Å². The second-order valence-corrected chi connectivity index (χ2v) is 9.35. The van der Waals surface area contributed by atoms with E-state index in [-0.39, 0.29) is 23.8 Å². The monoisotopic (exact) mass is 462 g/mol. The lowest BCUT2D eigenvalue weighted by molar-refractivity contribution is -0.122. The van der Waals surface area contributed by atoms with Crippen LogP contribution < -0.4 is 9.64 Å². The number of esters is 1. The fourth-order valence-corrected chi connectivity index (χ4v) is 5.99. The average Bonchev–Trinajstić information content (AvgIpc) is 3.48. The molecule has 3 unspecified atom stereocenters. The number of nitrogens with zero attached hydrogens (tertiary/aromatic N) is 2. The maximum Gasteiger partial charge on any atom is 0.337 e. The molecule has 2 aliphatic heterocycles. The Morgan fingerprint density at radius 1 is 1.00 bits per heavy atom. The number of anilines is 1. The molecule has 7 nitrogen and oxygen atoms in total. The van der Waals surface area contributed by atoms with Crippen LogP contribution in [-0.4, -0.2) is 55.5 Å². The summed E-state index contributed by atoms with van der Waals surface area (Å²) in [6, 6.07) is 12.1. The molecule has 2 aromatic rings. The first-order valence-electron chi connectivity index (χ1n) is 12.0. The highest BCUT2D eigenvalue weighted by atomic mass is 16.5. The third-order valence-electron chi connectivity index (χ3n) is 7.61. The lowest BCUT2D eigenvalue weighted by Crippen LogP contribution is -2.50. The van der Waals surface area contributed by atoms with E-state index in [1.807, 2.05) is 23.1 Å². The summed E-state index contributed by atoms with van der Waals surface area (Å²) in [6.07, 6.45) is 5.54. The van der Waals surface area contributed by atoms with Crippen molar-refractivity contribution >= 4 is 23.5 Å². The minimum atomic E-state index is -0.503. The molecule has 0 N–H and O–H groups in total. The summed E-state index contributed by atoms with van der Waals surface area (Å²) < 4.78 is 10.3. The number of rotatable bonds is 4. The van der Waals surface area contributed by atoms with Gasteiger partial charge in [0.25, 0.3) is 5.91 Å². The Bertz CT molecular complexity index is 1130. The summed E-state index contributed by atoms with van der Waals surface area (Å²) in [7, 11) is 2.92. The van der Waals surface area contributed by atoms with Crippen LogP contribution in [0.1, 0.15) is 58.4 Å². The Hall–Kier alpha value is -3.35. The number of likely N-dealkylation sites (tertiary alicyclic amines) is 1. The molecular formula is C27H30N2O5. The first kappa shape index (κ1) is 22.4. The highest BCUT2D eigenvalue weighted by Crippen LogP contribution is 2.42. The number of hydrogen-bond donors (Lipinski definition) is 0. The lowest BCUT2D eigenvalue weighted by atomic mass is 9.84. The molecule has 0 radical (unpaired) electrons. The average molecular weight is 463 g/mol. The van der Waals surface area contributed by atoms with Gasteiger partial charge in [0.15, 0.2) is 0 Å². The summed E-state index contributed by atoms with van der Waals surface area (Å²) in [5, 5.41) is 0. The van der Waals surface area contributed by atoms with Crippen molar-refractivity contribution in [1.29, 1.82) is 0 Å². The zero-order valence-electron chi connectivity index (χ0n) is 19.7. The van der Waals surface area contributed by atoms with Gasteiger partial charge in [-0.1, -0.05) is 25.0 Å². The zero-order chi connectivity index (χ0) is 23.8. The topological polar surface area (TPSA) is 76.2 Å². The van der Waals surface area contributed by atoms with Crippen LogP contribution in [0.4, 0.5) is 5.69 Å². The first-order valence-corrected chi connectivity index (χ1v) is 12.0. The highest BCUT2D eigenvalue weighted by molar-refractivity contribution is 6.05. The Kier molecular flexibility index (Phi) is 6.02. The second kappa shape index (κ2) is 9.12. The molecule has 0 bridgehead atoms. The molecular weight excluding hydrogens is 432 g/mol. The van der Waals surface area contributed by atoms with Crippen molar-refractivity contribution in [3.05, 3.63) is 59.2 Å². The number of para-hydroxylation sites is 1. The van der Waals surface area contributed by atoms with Gasteiger partial charge < -0.3 is 19.3 Å². The van der Waals surface area contributed by atoms with Crippen molar-refractivity contribution < 1.29 is 23.9 Å². The zero-order valence-corrected chi connectivity index (χ0v) is 19.7. The Morgan fingerprint density at radius 3 is 2.59 bits per heavy atom. The molecule has 2 aromatic carbocycles. The van der Waals surface area contributed by atoms with Gasteiger partial charge in [0.05, 0.1) is 25.3 Å². The minimum absolute atomic E-state index is 0.0396. The molecule has 1 saturated carbocycles. The lowest BCUT2D eigenvalue weighted by Gasteiger charge is -2.35. The van der Waals surface area contributed by atoms with Gasteiger partial charge in [-0.2, -0.15) is 0 Å². The summed E-state index contributed by atoms with van der Waals surface area (Å²) >= 11 is 0. The van der Waals surface area contributed by atoms with Gasteiger partial charge in [-0.3, -0.25) is 9.59 Å². The fraction of sp³-hybridized carbons (Fsp3) is 0.444. The van der Waals surface area contributed by atoms with E-state index >= 15 is 0 Å². The molecule has 5 rings (SSSR count). The number of carbonyl (C=O) groups is 3. The Morgan fingerprint density at radius 2 is 1.79 bits per heavy atom. The smallest absolute Gasteiger partial charge is 0.337 e. The quantitative estimate of drug-likeness (QED) is 0.646. The van der Waals surface area contributed by atoms with Crippen molar-refractivity contribution in [3.63, 3.8) is 0 Å². The molecule has 2 heterocycles. The molecule has 7 heteroatoms. The third-order valence-corrected chi connectivity index (χ3v) is 7.61. The Balaban J connectivity index is 1.47. The largest absolute Gasteiger partial charge is 0.496 e. The van der Waals surface area contributed by atoms with E-state index in [2.05, 4.69) is 0 Å². The summed E-state index contributed by atoms with van der Waals surface area (Å²) in [6.45, 7) is 0.543. The molecule has 2 amide bonds. The van der Waals surface area contributed by atoms with E-state index in [0.29, 0.717) is 42.2 Å². The molecule has 3 aliphatic rings. The van der Waals surface area contributed by atoms with Crippen molar-refractivity contribution in [2.45, 2.75) is 50.6 Å². The van der Waals surface area contributed by atoms with E-state index in [1.165, 1.54) is 7.11 Å². The Labute approximate surface area is 199 Å². The maximum atomic E-state index is 13.9. The van der Waals surface area contributed by atoms with Crippen molar-refractivity contribution in [1.82, 2.24) is 4.90 Å². The van der Waals surface area contributed by atoms with Gasteiger partial charge in [-0.15, -0.1) is 0 Å². The van der Waals surface area contributed by atoms with Gasteiger partial charge in [0.1, 0.15) is 11.8 Å². The molecule has 2 fully saturated rings. The summed E-state index contributed by atoms with van der Waals surface area (Å²) in [5.41, 5.74) is 2.75. The molecule has 1 aliphatic carbocycles. The van der Waals surface area contributed by atoms with Crippen LogP contribution >= 0.6 is 0 Å². The van der Waals surface area contributed by atoms with Gasteiger partial charge in [0.2, 0.25) is 5.91 Å². The number of amides is 2. The second-order valence-electron chi connectivity index (χ2n) is 9.35. The van der Waals surface area contributed by atoms with E-state index in [0.717, 1.165) is 36.9 Å². The van der Waals surface area contributed by atoms with Gasteiger partial charge in [0, 0.05) is 18.3 Å². The predicted molar refractivity (Wildman–Crippen MR) is 127 cm³/mol. The number of ether oxygens (including phenoxy) is 2. The molecule has 178 valence electrons. The van der Waals surface area contributed by atoms with Crippen molar-refractivity contribution in [2.24, 2.45) is 5.92 Å². The SMILES string of the molecule is COC(=O)c1ccc2c(c1)CCN2C(=O)C1CC2CCCCC2N1C(=O)c1ccccc1OC. The molecule has 3 atom stereocenters. The molecule has 1 saturated heterocycles. The fourth-order valence-electron chi connectivity index (χ4n) is 5.99. The van der Waals surface area contributed by atoms with Crippen LogP contribution in [0.15, 0.2) is 42.5 Å². The van der Waals surface area contributed by atoms with Crippen LogP contribution in [0.3, 0.4) is 0 Å². The summed E-state index contributed by atoms with van der Waals surface area (Å²) in [4.78, 5) is 43.3. The van der Waals surface area contributed by atoms with Gasteiger partial charge in [-0.05, 0) is 67.5 Å². The molecule has 34 heavy (non-hydrogen) atoms. The van der Waals surface area contributed by atoms with E-state index in [4.69, 9.17) is 9.47 Å². The maximum absolute atomic E-state index is 13.9. The van der Waals surface area contributed by atoms with Crippen molar-refractivity contribution in [3.8, 4) is 5.75 Å². The standard InChI is InChI=1S/C27H30N2O5/c1-33-24-10-6-4-8-20(24)25(30)29-22-9-5-3-7-17(22)16-23(29)26(31)28-14-13-18-15-19(27(32)34-2)11-12-21(18)28/h4,6,8,10-12,15,17,22-23H,3,5,7,9,13-14,16H2,1-2H3. The van der Waals surface area contributed by atoms with Crippen LogP contribution in [0.25, 0.3) is 0 Å². The number of fused-ring (bicyclic) bond motifs is 2.